The Balaban J connectivity index is 2.00. The fraction of sp³-hybridized carbons (Fsp3) is 0.619. The molecule has 6 nitrogen and oxygen atoms in total. The molecule has 1 saturated carbocycles. The largest absolute Gasteiger partial charge is 0.385 e. The van der Waals surface area contributed by atoms with E-state index in [0.29, 0.717) is 17.5 Å². The molecular formula is C21H34N4O2. The smallest absolute Gasteiger partial charge is 0.251 e. The number of benzene rings is 1. The minimum Gasteiger partial charge on any atom is -0.385 e. The molecule has 1 aliphatic carbocycles. The van der Waals surface area contributed by atoms with Gasteiger partial charge in [-0.2, -0.15) is 0 Å². The van der Waals surface area contributed by atoms with E-state index in [9.17, 15) is 4.79 Å². The first-order valence-corrected chi connectivity index (χ1v) is 9.94. The standard InChI is InChI=1S/C21H34N4O2/c1-4-23-20(25-16-21(12-13-27-3)10-5-6-11-21)24-15-17-8-7-9-18(14-17)19(26)22-2/h7-9,14H,4-6,10-13,15-16H2,1-3H3,(H,22,26)(H2,23,24,25). The number of carbonyl (C=O) groups is 1. The number of methoxy groups -OCH3 is 1. The molecule has 0 atom stereocenters. The molecule has 0 radical (unpaired) electrons. The van der Waals surface area contributed by atoms with Gasteiger partial charge in [0.15, 0.2) is 5.96 Å². The molecule has 27 heavy (non-hydrogen) atoms. The van der Waals surface area contributed by atoms with E-state index in [1.54, 1.807) is 14.2 Å². The third-order valence-corrected chi connectivity index (χ3v) is 5.31. The molecule has 6 heteroatoms. The van der Waals surface area contributed by atoms with E-state index in [4.69, 9.17) is 9.73 Å². The summed E-state index contributed by atoms with van der Waals surface area (Å²) in [6, 6.07) is 7.60. The Kier molecular flexibility index (Phi) is 8.58. The molecule has 0 bridgehead atoms. The summed E-state index contributed by atoms with van der Waals surface area (Å²) in [6.45, 7) is 5.14. The van der Waals surface area contributed by atoms with Crippen molar-refractivity contribution in [3.8, 4) is 0 Å². The van der Waals surface area contributed by atoms with E-state index in [1.165, 1.54) is 25.7 Å². The van der Waals surface area contributed by atoms with E-state index in [0.717, 1.165) is 37.6 Å². The first-order valence-electron chi connectivity index (χ1n) is 9.94. The van der Waals surface area contributed by atoms with Gasteiger partial charge in [-0.15, -0.1) is 0 Å². The molecule has 0 spiro atoms. The van der Waals surface area contributed by atoms with Crippen molar-refractivity contribution in [2.45, 2.75) is 45.6 Å². The lowest BCUT2D eigenvalue weighted by Gasteiger charge is -2.30. The van der Waals surface area contributed by atoms with Crippen molar-refractivity contribution in [3.05, 3.63) is 35.4 Å². The predicted octanol–water partition coefficient (Wildman–Crippen LogP) is 2.70. The minimum atomic E-state index is -0.0767. The van der Waals surface area contributed by atoms with Gasteiger partial charge in [-0.1, -0.05) is 25.0 Å². The van der Waals surface area contributed by atoms with Gasteiger partial charge in [0.1, 0.15) is 0 Å². The van der Waals surface area contributed by atoms with E-state index in [2.05, 4.69) is 22.9 Å². The zero-order valence-electron chi connectivity index (χ0n) is 16.9. The maximum absolute atomic E-state index is 11.8. The summed E-state index contributed by atoms with van der Waals surface area (Å²) < 4.78 is 5.32. The number of nitrogens with one attached hydrogen (secondary N) is 3. The van der Waals surface area contributed by atoms with Gasteiger partial charge in [-0.05, 0) is 49.3 Å². The second kappa shape index (κ2) is 10.9. The Labute approximate surface area is 163 Å². The van der Waals surface area contributed by atoms with Crippen LogP contribution < -0.4 is 16.0 Å². The van der Waals surface area contributed by atoms with Crippen molar-refractivity contribution in [1.29, 1.82) is 0 Å². The van der Waals surface area contributed by atoms with Crippen LogP contribution in [0.3, 0.4) is 0 Å². The molecule has 0 unspecified atom stereocenters. The number of nitrogens with zero attached hydrogens (tertiary/aromatic N) is 1. The number of amides is 1. The lowest BCUT2D eigenvalue weighted by Crippen LogP contribution is -2.43. The Bertz CT molecular complexity index is 624. The quantitative estimate of drug-likeness (QED) is 0.459. The van der Waals surface area contributed by atoms with Crippen LogP contribution in [0.5, 0.6) is 0 Å². The van der Waals surface area contributed by atoms with Crippen molar-refractivity contribution in [3.63, 3.8) is 0 Å². The lowest BCUT2D eigenvalue weighted by atomic mass is 9.83. The highest BCUT2D eigenvalue weighted by molar-refractivity contribution is 5.94. The van der Waals surface area contributed by atoms with E-state index < -0.39 is 0 Å². The third kappa shape index (κ3) is 6.54. The number of carbonyl (C=O) groups excluding carboxylic acids is 1. The number of aliphatic imine (C=N–C) groups is 1. The summed E-state index contributed by atoms with van der Waals surface area (Å²) in [5, 5.41) is 9.52. The summed E-state index contributed by atoms with van der Waals surface area (Å²) >= 11 is 0. The fourth-order valence-corrected chi connectivity index (χ4v) is 3.70. The number of guanidine groups is 1. The normalized spacial score (nSPS) is 16.2. The maximum Gasteiger partial charge on any atom is 0.251 e. The summed E-state index contributed by atoms with van der Waals surface area (Å²) in [6.07, 6.45) is 6.18. The highest BCUT2D eigenvalue weighted by atomic mass is 16.5. The van der Waals surface area contributed by atoms with E-state index in [1.807, 2.05) is 24.3 Å². The highest BCUT2D eigenvalue weighted by Gasteiger charge is 2.33. The van der Waals surface area contributed by atoms with Gasteiger partial charge >= 0.3 is 0 Å². The maximum atomic E-state index is 11.8. The summed E-state index contributed by atoms with van der Waals surface area (Å²) in [5.41, 5.74) is 1.99. The second-order valence-electron chi connectivity index (χ2n) is 7.28. The summed E-state index contributed by atoms with van der Waals surface area (Å²) in [5.74, 6) is 0.749. The van der Waals surface area contributed by atoms with Crippen LogP contribution in [0.15, 0.2) is 29.3 Å². The zero-order chi connectivity index (χ0) is 19.5. The molecule has 1 fully saturated rings. The number of ether oxygens (including phenoxy) is 1. The highest BCUT2D eigenvalue weighted by Crippen LogP contribution is 2.40. The molecule has 3 N–H and O–H groups in total. The first kappa shape index (κ1) is 21.2. The fourth-order valence-electron chi connectivity index (χ4n) is 3.70. The lowest BCUT2D eigenvalue weighted by molar-refractivity contribution is 0.0963. The topological polar surface area (TPSA) is 74.8 Å². The van der Waals surface area contributed by atoms with Gasteiger partial charge in [-0.25, -0.2) is 4.99 Å². The van der Waals surface area contributed by atoms with Crippen LogP contribution in [0.25, 0.3) is 0 Å². The van der Waals surface area contributed by atoms with Crippen molar-refractivity contribution in [2.75, 3.05) is 33.9 Å². The van der Waals surface area contributed by atoms with Crippen molar-refractivity contribution in [1.82, 2.24) is 16.0 Å². The average Bonchev–Trinajstić information content (AvgIpc) is 3.17. The van der Waals surface area contributed by atoms with Crippen molar-refractivity contribution in [2.24, 2.45) is 10.4 Å². The Morgan fingerprint density at radius 2 is 2.04 bits per heavy atom. The second-order valence-corrected chi connectivity index (χ2v) is 7.28. The summed E-state index contributed by atoms with van der Waals surface area (Å²) in [7, 11) is 3.41. The molecule has 150 valence electrons. The van der Waals surface area contributed by atoms with Crippen LogP contribution in [0.4, 0.5) is 0 Å². The third-order valence-electron chi connectivity index (χ3n) is 5.31. The molecule has 0 aromatic heterocycles. The average molecular weight is 375 g/mol. The SMILES string of the molecule is CCNC(=NCc1cccc(C(=O)NC)c1)NCC1(CCOC)CCCC1. The predicted molar refractivity (Wildman–Crippen MR) is 110 cm³/mol. The van der Waals surface area contributed by atoms with E-state index >= 15 is 0 Å². The number of rotatable bonds is 9. The van der Waals surface area contributed by atoms with Crippen LogP contribution in [-0.4, -0.2) is 45.7 Å². The Morgan fingerprint density at radius 3 is 2.70 bits per heavy atom. The van der Waals surface area contributed by atoms with Crippen LogP contribution >= 0.6 is 0 Å². The van der Waals surface area contributed by atoms with Crippen LogP contribution in [-0.2, 0) is 11.3 Å². The van der Waals surface area contributed by atoms with Gasteiger partial charge < -0.3 is 20.7 Å². The molecule has 0 saturated heterocycles. The molecule has 0 aliphatic heterocycles. The van der Waals surface area contributed by atoms with Crippen LogP contribution in [0.1, 0.15) is 54.9 Å². The first-order chi connectivity index (χ1) is 13.1. The van der Waals surface area contributed by atoms with Gasteiger partial charge in [-0.3, -0.25) is 4.79 Å². The molecule has 1 aromatic carbocycles. The molecule has 2 rings (SSSR count). The molecule has 1 aliphatic rings. The molecular weight excluding hydrogens is 340 g/mol. The molecule has 1 aromatic rings. The minimum absolute atomic E-state index is 0.0767. The van der Waals surface area contributed by atoms with Gasteiger partial charge in [0.25, 0.3) is 5.91 Å². The number of hydrogen-bond donors (Lipinski definition) is 3. The van der Waals surface area contributed by atoms with Gasteiger partial charge in [0, 0.05) is 39.4 Å². The van der Waals surface area contributed by atoms with Gasteiger partial charge in [0.2, 0.25) is 0 Å². The molecule has 0 heterocycles. The van der Waals surface area contributed by atoms with Crippen molar-refractivity contribution >= 4 is 11.9 Å². The zero-order valence-corrected chi connectivity index (χ0v) is 16.9. The monoisotopic (exact) mass is 374 g/mol. The van der Waals surface area contributed by atoms with Crippen molar-refractivity contribution < 1.29 is 9.53 Å². The van der Waals surface area contributed by atoms with Crippen LogP contribution in [0, 0.1) is 5.41 Å². The van der Waals surface area contributed by atoms with Gasteiger partial charge in [0.05, 0.1) is 6.54 Å². The molecule has 1 amide bonds. The summed E-state index contributed by atoms with van der Waals surface area (Å²) in [4.78, 5) is 16.5. The number of hydrogen-bond acceptors (Lipinski definition) is 3. The van der Waals surface area contributed by atoms with E-state index in [-0.39, 0.29) is 5.91 Å². The Morgan fingerprint density at radius 1 is 1.26 bits per heavy atom. The Hall–Kier alpha value is -2.08. The van der Waals surface area contributed by atoms with Crippen LogP contribution in [0.2, 0.25) is 0 Å².